The molecule has 1 N–H and O–H groups in total. The van der Waals surface area contributed by atoms with Gasteiger partial charge in [-0.2, -0.15) is 8.42 Å². The predicted octanol–water partition coefficient (Wildman–Crippen LogP) is 1.55. The molecule has 0 radical (unpaired) electrons. The molecule has 0 amide bonds. The molecule has 0 aliphatic carbocycles. The number of aromatic nitrogens is 1. The lowest BCUT2D eigenvalue weighted by atomic mass is 10.1. The van der Waals surface area contributed by atoms with Crippen LogP contribution in [0.5, 0.6) is 0 Å². The molecule has 0 unspecified atom stereocenters. The average Bonchev–Trinajstić information content (AvgIpc) is 3.07. The van der Waals surface area contributed by atoms with E-state index in [-0.39, 0.29) is 5.09 Å². The lowest BCUT2D eigenvalue weighted by molar-refractivity contribution is 0.174. The molecule has 0 bridgehead atoms. The van der Waals surface area contributed by atoms with E-state index < -0.39 is 10.0 Å². The van der Waals surface area contributed by atoms with Gasteiger partial charge in [0, 0.05) is 50.5 Å². The summed E-state index contributed by atoms with van der Waals surface area (Å²) in [6, 6.07) is 6.12. The van der Waals surface area contributed by atoms with E-state index >= 15 is 0 Å². The number of rotatable bonds is 4. The first-order valence-electron chi connectivity index (χ1n) is 9.41. The van der Waals surface area contributed by atoms with Crippen LogP contribution in [0.1, 0.15) is 12.5 Å². The molecule has 1 aromatic carbocycles. The minimum absolute atomic E-state index is 0.00313. The standard InChI is InChI=1S/C19H26N4O3S/c1-3-15-13-23(27(24,25)19-14-21(2)10-11-26-19)18-12-16(4-5-17(15)18)22-8-6-20-7-9-22/h4-5,12-14,20H,3,6-11H2,1-2H3. The van der Waals surface area contributed by atoms with Crippen LogP contribution < -0.4 is 10.2 Å². The smallest absolute Gasteiger partial charge is 0.302 e. The van der Waals surface area contributed by atoms with Crippen molar-refractivity contribution in [1.29, 1.82) is 0 Å². The Bertz CT molecular complexity index is 974. The molecule has 2 aliphatic heterocycles. The van der Waals surface area contributed by atoms with Crippen LogP contribution in [0.15, 0.2) is 35.7 Å². The lowest BCUT2D eigenvalue weighted by Crippen LogP contribution is -2.43. The second-order valence-electron chi connectivity index (χ2n) is 7.02. The molecule has 27 heavy (non-hydrogen) atoms. The van der Waals surface area contributed by atoms with Crippen LogP contribution in [0.2, 0.25) is 0 Å². The number of ether oxygens (including phenoxy) is 1. The molecule has 1 fully saturated rings. The maximum absolute atomic E-state index is 13.3. The molecule has 4 rings (SSSR count). The molecule has 0 saturated carbocycles. The number of hydrogen-bond donors (Lipinski definition) is 1. The summed E-state index contributed by atoms with van der Waals surface area (Å²) in [6.45, 7) is 6.79. The molecule has 1 saturated heterocycles. The van der Waals surface area contributed by atoms with Gasteiger partial charge in [-0.3, -0.25) is 0 Å². The highest BCUT2D eigenvalue weighted by atomic mass is 32.2. The summed E-state index contributed by atoms with van der Waals surface area (Å²) in [5.41, 5.74) is 2.78. The van der Waals surface area contributed by atoms with Gasteiger partial charge in [-0.05, 0) is 24.1 Å². The number of hydrogen-bond acceptors (Lipinski definition) is 6. The highest BCUT2D eigenvalue weighted by molar-refractivity contribution is 7.93. The van der Waals surface area contributed by atoms with Gasteiger partial charge in [-0.15, -0.1) is 0 Å². The fraction of sp³-hybridized carbons (Fsp3) is 0.474. The van der Waals surface area contributed by atoms with Crippen molar-refractivity contribution in [1.82, 2.24) is 14.2 Å². The Labute approximate surface area is 160 Å². The zero-order valence-corrected chi connectivity index (χ0v) is 16.6. The second-order valence-corrected chi connectivity index (χ2v) is 8.77. The summed E-state index contributed by atoms with van der Waals surface area (Å²) in [6.07, 6.45) is 4.07. The Morgan fingerprint density at radius 1 is 1.19 bits per heavy atom. The normalized spacial score (nSPS) is 18.5. The van der Waals surface area contributed by atoms with E-state index in [4.69, 9.17) is 4.74 Å². The molecule has 2 aromatic rings. The van der Waals surface area contributed by atoms with Crippen LogP contribution in [0.25, 0.3) is 10.9 Å². The maximum Gasteiger partial charge on any atom is 0.302 e. The minimum atomic E-state index is -3.78. The summed E-state index contributed by atoms with van der Waals surface area (Å²) in [5, 5.41) is 4.33. The number of nitrogens with one attached hydrogen (secondary N) is 1. The third-order valence-electron chi connectivity index (χ3n) is 5.23. The molecular weight excluding hydrogens is 364 g/mol. The Kier molecular flexibility index (Phi) is 4.77. The number of fused-ring (bicyclic) bond motifs is 1. The predicted molar refractivity (Wildman–Crippen MR) is 107 cm³/mol. The summed E-state index contributed by atoms with van der Waals surface area (Å²) in [7, 11) is -1.92. The monoisotopic (exact) mass is 390 g/mol. The molecular formula is C19H26N4O3S. The van der Waals surface area contributed by atoms with Gasteiger partial charge in [0.2, 0.25) is 5.09 Å². The third-order valence-corrected chi connectivity index (χ3v) is 6.78. The first-order chi connectivity index (χ1) is 13.0. The van der Waals surface area contributed by atoms with Gasteiger partial charge in [0.15, 0.2) is 0 Å². The third kappa shape index (κ3) is 3.27. The topological polar surface area (TPSA) is 66.8 Å². The second kappa shape index (κ2) is 7.09. The van der Waals surface area contributed by atoms with Crippen LogP contribution in [0, 0.1) is 0 Å². The summed E-state index contributed by atoms with van der Waals surface area (Å²) < 4.78 is 33.5. The van der Waals surface area contributed by atoms with Crippen molar-refractivity contribution in [2.45, 2.75) is 13.3 Å². The van der Waals surface area contributed by atoms with E-state index in [0.717, 1.165) is 49.2 Å². The number of benzene rings is 1. The van der Waals surface area contributed by atoms with Gasteiger partial charge < -0.3 is 19.9 Å². The Morgan fingerprint density at radius 2 is 1.96 bits per heavy atom. The van der Waals surface area contributed by atoms with Crippen LogP contribution in [0.3, 0.4) is 0 Å². The lowest BCUT2D eigenvalue weighted by Gasteiger charge is -2.29. The van der Waals surface area contributed by atoms with E-state index in [0.29, 0.717) is 18.7 Å². The van der Waals surface area contributed by atoms with Gasteiger partial charge in [-0.25, -0.2) is 3.97 Å². The van der Waals surface area contributed by atoms with Gasteiger partial charge >= 0.3 is 10.0 Å². The number of aryl methyl sites for hydroxylation is 1. The highest BCUT2D eigenvalue weighted by Gasteiger charge is 2.28. The van der Waals surface area contributed by atoms with Crippen LogP contribution in [0.4, 0.5) is 5.69 Å². The van der Waals surface area contributed by atoms with Crippen molar-refractivity contribution in [3.05, 3.63) is 41.3 Å². The van der Waals surface area contributed by atoms with E-state index in [1.807, 2.05) is 31.0 Å². The zero-order chi connectivity index (χ0) is 19.0. The molecule has 8 heteroatoms. The fourth-order valence-corrected chi connectivity index (χ4v) is 5.08. The summed E-state index contributed by atoms with van der Waals surface area (Å²) >= 11 is 0. The summed E-state index contributed by atoms with van der Waals surface area (Å²) in [5.74, 6) is 0. The minimum Gasteiger partial charge on any atom is -0.479 e. The first kappa shape index (κ1) is 18.2. The Hall–Kier alpha value is -2.19. The molecule has 3 heterocycles. The van der Waals surface area contributed by atoms with E-state index in [9.17, 15) is 8.42 Å². The fourth-order valence-electron chi connectivity index (χ4n) is 3.66. The number of anilines is 1. The first-order valence-corrected chi connectivity index (χ1v) is 10.8. The van der Waals surface area contributed by atoms with Gasteiger partial charge in [0.05, 0.1) is 18.3 Å². The van der Waals surface area contributed by atoms with Crippen LogP contribution >= 0.6 is 0 Å². The maximum atomic E-state index is 13.3. The molecule has 1 aromatic heterocycles. The van der Waals surface area contributed by atoms with Crippen molar-refractivity contribution >= 4 is 26.6 Å². The van der Waals surface area contributed by atoms with Crippen molar-refractivity contribution in [2.75, 3.05) is 51.3 Å². The van der Waals surface area contributed by atoms with Crippen LogP contribution in [-0.4, -0.2) is 63.7 Å². The Balaban J connectivity index is 1.84. The van der Waals surface area contributed by atoms with Crippen LogP contribution in [-0.2, 0) is 21.2 Å². The van der Waals surface area contributed by atoms with Gasteiger partial charge in [-0.1, -0.05) is 13.0 Å². The quantitative estimate of drug-likeness (QED) is 0.855. The number of likely N-dealkylation sites (N-methyl/N-ethyl adjacent to an activating group) is 1. The van der Waals surface area contributed by atoms with Crippen molar-refractivity contribution < 1.29 is 13.2 Å². The van der Waals surface area contributed by atoms with Crippen molar-refractivity contribution in [3.63, 3.8) is 0 Å². The molecule has 2 aliphatic rings. The molecule has 0 atom stereocenters. The SMILES string of the molecule is CCc1cn(S(=O)(=O)C2=CN(C)CCO2)c2cc(N3CCNCC3)ccc12. The average molecular weight is 391 g/mol. The number of nitrogens with zero attached hydrogens (tertiary/aromatic N) is 3. The van der Waals surface area contributed by atoms with Gasteiger partial charge in [0.25, 0.3) is 0 Å². The molecule has 0 spiro atoms. The Morgan fingerprint density at radius 3 is 2.67 bits per heavy atom. The highest BCUT2D eigenvalue weighted by Crippen LogP contribution is 2.30. The van der Waals surface area contributed by atoms with E-state index in [1.165, 1.54) is 3.97 Å². The molecule has 146 valence electrons. The largest absolute Gasteiger partial charge is 0.479 e. The van der Waals surface area contributed by atoms with Crippen molar-refractivity contribution in [2.24, 2.45) is 0 Å². The van der Waals surface area contributed by atoms with Gasteiger partial charge in [0.1, 0.15) is 6.61 Å². The number of piperazine rings is 1. The van der Waals surface area contributed by atoms with E-state index in [2.05, 4.69) is 16.3 Å². The summed E-state index contributed by atoms with van der Waals surface area (Å²) in [4.78, 5) is 4.13. The van der Waals surface area contributed by atoms with E-state index in [1.54, 1.807) is 12.4 Å². The van der Waals surface area contributed by atoms with Crippen molar-refractivity contribution in [3.8, 4) is 0 Å². The molecule has 7 nitrogen and oxygen atoms in total. The zero-order valence-electron chi connectivity index (χ0n) is 15.8.